The van der Waals surface area contributed by atoms with E-state index in [4.69, 9.17) is 14.5 Å². The number of nitriles is 1. The third kappa shape index (κ3) is 6.01. The van der Waals surface area contributed by atoms with E-state index < -0.39 is 8.32 Å². The van der Waals surface area contributed by atoms with Crippen molar-refractivity contribution in [3.05, 3.63) is 83.3 Å². The van der Waals surface area contributed by atoms with Crippen LogP contribution in [0.4, 0.5) is 11.5 Å². The first-order valence-corrected chi connectivity index (χ1v) is 15.8. The van der Waals surface area contributed by atoms with E-state index in [2.05, 4.69) is 56.3 Å². The number of aromatic nitrogens is 4. The lowest BCUT2D eigenvalue weighted by Crippen LogP contribution is -2.41. The largest absolute Gasteiger partial charge is 0.416 e. The number of benzene rings is 1. The fourth-order valence-corrected chi connectivity index (χ4v) is 5.02. The van der Waals surface area contributed by atoms with Gasteiger partial charge in [0.15, 0.2) is 8.32 Å². The number of nitrogens with one attached hydrogen (secondary N) is 1. The molecule has 0 atom stereocenters. The normalized spacial score (nSPS) is 11.8. The monoisotopic (exact) mass is 524 g/mol. The van der Waals surface area contributed by atoms with Crippen LogP contribution in [-0.2, 0) is 10.8 Å². The zero-order valence-electron chi connectivity index (χ0n) is 23.3. The smallest absolute Gasteiger partial charge is 0.191 e. The van der Waals surface area contributed by atoms with Crippen LogP contribution < -0.4 is 5.32 Å². The fourth-order valence-electron chi connectivity index (χ4n) is 3.97. The van der Waals surface area contributed by atoms with Crippen LogP contribution in [0.25, 0.3) is 17.1 Å². The van der Waals surface area contributed by atoms with E-state index in [1.165, 1.54) is 0 Å². The van der Waals surface area contributed by atoms with Gasteiger partial charge in [0.1, 0.15) is 11.5 Å². The Kier molecular flexibility index (Phi) is 7.81. The predicted molar refractivity (Wildman–Crippen MR) is 155 cm³/mol. The van der Waals surface area contributed by atoms with Gasteiger partial charge in [-0.1, -0.05) is 26.8 Å². The van der Waals surface area contributed by atoms with Gasteiger partial charge in [-0.05, 0) is 80.0 Å². The highest BCUT2D eigenvalue weighted by Gasteiger charge is 2.37. The van der Waals surface area contributed by atoms with Crippen molar-refractivity contribution in [1.82, 2.24) is 19.7 Å². The van der Waals surface area contributed by atoms with Gasteiger partial charge < -0.3 is 9.74 Å². The summed E-state index contributed by atoms with van der Waals surface area (Å²) in [7, 11) is -1.92. The molecule has 3 heterocycles. The van der Waals surface area contributed by atoms with Crippen molar-refractivity contribution in [2.24, 2.45) is 0 Å². The van der Waals surface area contributed by atoms with Gasteiger partial charge in [-0.15, -0.1) is 0 Å². The number of pyridine rings is 2. The number of hydrogen-bond donors (Lipinski definition) is 1. The number of anilines is 2. The van der Waals surface area contributed by atoms with Gasteiger partial charge in [0.05, 0.1) is 23.0 Å². The molecule has 1 aromatic carbocycles. The van der Waals surface area contributed by atoms with Crippen molar-refractivity contribution >= 4 is 19.8 Å². The van der Waals surface area contributed by atoms with Crippen molar-refractivity contribution < 1.29 is 4.43 Å². The van der Waals surface area contributed by atoms with Gasteiger partial charge in [0, 0.05) is 42.4 Å². The highest BCUT2D eigenvalue weighted by atomic mass is 28.4. The van der Waals surface area contributed by atoms with Crippen LogP contribution in [0.5, 0.6) is 0 Å². The van der Waals surface area contributed by atoms with Crippen molar-refractivity contribution in [3.63, 3.8) is 0 Å². The van der Waals surface area contributed by atoms with E-state index in [1.807, 2.05) is 67.2 Å². The highest BCUT2D eigenvalue weighted by Crippen LogP contribution is 2.37. The van der Waals surface area contributed by atoms with Crippen molar-refractivity contribution in [2.75, 3.05) is 11.9 Å². The van der Waals surface area contributed by atoms with Crippen molar-refractivity contribution in [2.45, 2.75) is 59.2 Å². The third-order valence-corrected chi connectivity index (χ3v) is 11.8. The van der Waals surface area contributed by atoms with Gasteiger partial charge in [-0.3, -0.25) is 4.98 Å². The maximum absolute atomic E-state index is 9.28. The SMILES string of the molecule is Cc1cc(-n2ccc(-c3ccccn3)n2)c(CCO[Si](C)(C)C(C)(C)C)c(Nc2ccc(C#N)cc2C)n1. The quantitative estimate of drug-likeness (QED) is 0.247. The van der Waals surface area contributed by atoms with E-state index in [9.17, 15) is 5.26 Å². The van der Waals surface area contributed by atoms with Crippen LogP contribution in [0.2, 0.25) is 18.1 Å². The molecule has 4 rings (SSSR count). The van der Waals surface area contributed by atoms with Gasteiger partial charge in [-0.25, -0.2) is 9.67 Å². The predicted octanol–water partition coefficient (Wildman–Crippen LogP) is 7.13. The summed E-state index contributed by atoms with van der Waals surface area (Å²) in [6.45, 7) is 15.9. The second-order valence-electron chi connectivity index (χ2n) is 11.1. The first-order valence-electron chi connectivity index (χ1n) is 12.9. The summed E-state index contributed by atoms with van der Waals surface area (Å²) in [5, 5.41) is 17.8. The Bertz CT molecular complexity index is 1460. The molecule has 4 aromatic rings. The summed E-state index contributed by atoms with van der Waals surface area (Å²) < 4.78 is 8.46. The Labute approximate surface area is 226 Å². The average Bonchev–Trinajstić information content (AvgIpc) is 3.36. The Balaban J connectivity index is 1.75. The lowest BCUT2D eigenvalue weighted by Gasteiger charge is -2.36. The van der Waals surface area contributed by atoms with Crippen LogP contribution in [-0.4, -0.2) is 34.7 Å². The summed E-state index contributed by atoms with van der Waals surface area (Å²) in [4.78, 5) is 9.35. The van der Waals surface area contributed by atoms with Crippen LogP contribution in [0, 0.1) is 25.2 Å². The summed E-state index contributed by atoms with van der Waals surface area (Å²) in [6, 6.07) is 17.7. The maximum Gasteiger partial charge on any atom is 0.191 e. The minimum Gasteiger partial charge on any atom is -0.416 e. The van der Waals surface area contributed by atoms with Gasteiger partial charge >= 0.3 is 0 Å². The molecule has 0 radical (unpaired) electrons. The second-order valence-corrected chi connectivity index (χ2v) is 15.9. The number of hydrogen-bond acceptors (Lipinski definition) is 6. The molecule has 0 aliphatic carbocycles. The van der Waals surface area contributed by atoms with E-state index in [1.54, 1.807) is 6.20 Å². The minimum atomic E-state index is -1.92. The third-order valence-electron chi connectivity index (χ3n) is 7.22. The molecule has 0 amide bonds. The van der Waals surface area contributed by atoms with Gasteiger partial charge in [0.2, 0.25) is 0 Å². The van der Waals surface area contributed by atoms with E-state index >= 15 is 0 Å². The molecule has 0 fully saturated rings. The maximum atomic E-state index is 9.28. The molecule has 7 nitrogen and oxygen atoms in total. The number of nitrogens with zero attached hydrogens (tertiary/aromatic N) is 5. The molecular weight excluding hydrogens is 488 g/mol. The average molecular weight is 525 g/mol. The van der Waals surface area contributed by atoms with E-state index in [-0.39, 0.29) is 5.04 Å². The molecule has 0 spiro atoms. The molecule has 0 saturated carbocycles. The molecule has 0 aliphatic heterocycles. The van der Waals surface area contributed by atoms with Gasteiger partial charge in [0.25, 0.3) is 0 Å². The first kappa shape index (κ1) is 27.2. The lowest BCUT2D eigenvalue weighted by atomic mass is 10.1. The molecule has 0 unspecified atom stereocenters. The Morgan fingerprint density at radius 2 is 1.84 bits per heavy atom. The van der Waals surface area contributed by atoms with Crippen LogP contribution >= 0.6 is 0 Å². The fraction of sp³-hybridized carbons (Fsp3) is 0.333. The van der Waals surface area contributed by atoms with Crippen LogP contribution in [0.1, 0.15) is 43.2 Å². The lowest BCUT2D eigenvalue weighted by molar-refractivity contribution is 0.292. The zero-order valence-corrected chi connectivity index (χ0v) is 24.3. The second kappa shape index (κ2) is 10.9. The zero-order chi connectivity index (χ0) is 27.5. The van der Waals surface area contributed by atoms with Crippen molar-refractivity contribution in [1.29, 1.82) is 5.26 Å². The Hall–Kier alpha value is -3.80. The Morgan fingerprint density at radius 1 is 1.05 bits per heavy atom. The molecule has 1 N–H and O–H groups in total. The topological polar surface area (TPSA) is 88.6 Å². The molecule has 0 aliphatic rings. The summed E-state index contributed by atoms with van der Waals surface area (Å²) in [6.07, 6.45) is 4.41. The summed E-state index contributed by atoms with van der Waals surface area (Å²) in [5.74, 6) is 0.765. The molecule has 8 heteroatoms. The van der Waals surface area contributed by atoms with Crippen molar-refractivity contribution in [3.8, 4) is 23.1 Å². The molecule has 0 saturated heterocycles. The van der Waals surface area contributed by atoms with E-state index in [0.29, 0.717) is 18.6 Å². The molecule has 3 aromatic heterocycles. The number of rotatable bonds is 8. The summed E-state index contributed by atoms with van der Waals surface area (Å²) >= 11 is 0. The first-order chi connectivity index (χ1) is 18.0. The molecule has 0 bridgehead atoms. The number of aryl methyl sites for hydroxylation is 2. The molecular formula is C30H36N6OSi. The standard InChI is InChI=1S/C30H36N6OSi/c1-21-18-23(20-31)11-12-25(21)34-29-24(14-17-37-38(6,7)30(3,4)5)28(19-22(2)33-29)36-16-13-27(35-36)26-10-8-9-15-32-26/h8-13,15-16,18-19H,14,17H2,1-7H3,(H,33,34). The van der Waals surface area contributed by atoms with Crippen LogP contribution in [0.3, 0.4) is 0 Å². The summed E-state index contributed by atoms with van der Waals surface area (Å²) in [5.41, 5.74) is 7.00. The van der Waals surface area contributed by atoms with Gasteiger partial charge in [-0.2, -0.15) is 10.4 Å². The van der Waals surface area contributed by atoms with E-state index in [0.717, 1.165) is 45.4 Å². The molecule has 196 valence electrons. The highest BCUT2D eigenvalue weighted by molar-refractivity contribution is 6.74. The molecule has 38 heavy (non-hydrogen) atoms. The Morgan fingerprint density at radius 3 is 2.50 bits per heavy atom. The van der Waals surface area contributed by atoms with Crippen LogP contribution in [0.15, 0.2) is 60.9 Å². The minimum absolute atomic E-state index is 0.127.